The van der Waals surface area contributed by atoms with Crippen molar-refractivity contribution in [2.45, 2.75) is 39.3 Å². The van der Waals surface area contributed by atoms with E-state index in [1.807, 2.05) is 0 Å². The number of aliphatic hydroxyl groups is 3. The average Bonchev–Trinajstić information content (AvgIpc) is 2.82. The second-order valence-electron chi connectivity index (χ2n) is 9.23. The van der Waals surface area contributed by atoms with E-state index in [4.69, 9.17) is 16.3 Å². The quantitative estimate of drug-likeness (QED) is 0.303. The van der Waals surface area contributed by atoms with Gasteiger partial charge in [-0.25, -0.2) is 18.2 Å². The first-order valence-corrected chi connectivity index (χ1v) is 11.7. The van der Waals surface area contributed by atoms with Gasteiger partial charge in [-0.15, -0.1) is 0 Å². The lowest BCUT2D eigenvalue weighted by molar-refractivity contribution is -0.308. The van der Waals surface area contributed by atoms with Crippen molar-refractivity contribution in [2.24, 2.45) is 0 Å². The third-order valence-electron chi connectivity index (χ3n) is 5.73. The highest BCUT2D eigenvalue weighted by Crippen LogP contribution is 2.32. The van der Waals surface area contributed by atoms with Crippen LogP contribution in [0.1, 0.15) is 36.5 Å². The second-order valence-corrected chi connectivity index (χ2v) is 9.61. The minimum atomic E-state index is -3.40. The molecule has 0 radical (unpaired) electrons. The summed E-state index contributed by atoms with van der Waals surface area (Å²) < 4.78 is 48.7. The average molecular weight is 563 g/mol. The zero-order chi connectivity index (χ0) is 28.9. The summed E-state index contributed by atoms with van der Waals surface area (Å²) >= 11 is 6.22. The van der Waals surface area contributed by atoms with Crippen molar-refractivity contribution >= 4 is 11.6 Å². The second kappa shape index (κ2) is 10.0. The van der Waals surface area contributed by atoms with Gasteiger partial charge in [0.05, 0.1) is 17.6 Å². The first-order valence-electron chi connectivity index (χ1n) is 11.3. The molecule has 0 aromatic carbocycles. The molecule has 0 unspecified atom stereocenters. The summed E-state index contributed by atoms with van der Waals surface area (Å²) in [6, 6.07) is 4.37. The van der Waals surface area contributed by atoms with E-state index in [1.165, 1.54) is 55.9 Å². The Bertz CT molecular complexity index is 1650. The largest absolute Gasteiger partial charge is 0.433 e. The Morgan fingerprint density at radius 2 is 1.67 bits per heavy atom. The number of ether oxygens (including phenoxy) is 1. The van der Waals surface area contributed by atoms with E-state index in [9.17, 15) is 28.9 Å². The molecule has 0 aliphatic heterocycles. The summed E-state index contributed by atoms with van der Waals surface area (Å²) in [7, 11) is 0. The smallest absolute Gasteiger partial charge is 0.372 e. The maximum Gasteiger partial charge on any atom is 0.372 e. The van der Waals surface area contributed by atoms with Crippen molar-refractivity contribution in [3.05, 3.63) is 98.3 Å². The number of rotatable bonds is 6. The number of pyridine rings is 4. The first-order chi connectivity index (χ1) is 18.1. The van der Waals surface area contributed by atoms with Crippen LogP contribution in [-0.4, -0.2) is 34.8 Å². The van der Waals surface area contributed by atoms with Crippen molar-refractivity contribution in [1.29, 1.82) is 0 Å². The van der Waals surface area contributed by atoms with E-state index in [-0.39, 0.29) is 28.3 Å². The molecule has 9 nitrogen and oxygen atoms in total. The molecule has 204 valence electrons. The number of aromatic nitrogens is 4. The molecule has 0 bridgehead atoms. The van der Waals surface area contributed by atoms with Crippen molar-refractivity contribution < 1.29 is 33.2 Å². The van der Waals surface area contributed by atoms with Gasteiger partial charge in [0.15, 0.2) is 23.1 Å². The molecule has 4 aromatic heterocycles. The van der Waals surface area contributed by atoms with Gasteiger partial charge in [-0.3, -0.25) is 19.3 Å². The minimum absolute atomic E-state index is 0.0271. The van der Waals surface area contributed by atoms with Crippen LogP contribution in [0.4, 0.5) is 13.2 Å². The maximum atomic E-state index is 15.2. The summed E-state index contributed by atoms with van der Waals surface area (Å²) in [5.74, 6) is -7.17. The molecule has 0 amide bonds. The van der Waals surface area contributed by atoms with Crippen molar-refractivity contribution in [3.63, 3.8) is 0 Å². The van der Waals surface area contributed by atoms with Gasteiger partial charge in [-0.1, -0.05) is 11.6 Å². The van der Waals surface area contributed by atoms with Crippen LogP contribution in [-0.2, 0) is 11.6 Å². The van der Waals surface area contributed by atoms with Gasteiger partial charge in [0.25, 0.3) is 5.56 Å². The Hall–Kier alpha value is -3.84. The van der Waals surface area contributed by atoms with Crippen molar-refractivity contribution in [3.8, 4) is 22.7 Å². The summed E-state index contributed by atoms with van der Waals surface area (Å²) in [4.78, 5) is 24.8. The summed E-state index contributed by atoms with van der Waals surface area (Å²) in [5.41, 5.74) is -2.55. The van der Waals surface area contributed by atoms with Gasteiger partial charge >= 0.3 is 5.97 Å². The van der Waals surface area contributed by atoms with Crippen LogP contribution in [0, 0.1) is 31.3 Å². The van der Waals surface area contributed by atoms with Crippen LogP contribution >= 0.6 is 11.6 Å². The highest BCUT2D eigenvalue weighted by atomic mass is 35.5. The number of aryl methyl sites for hydroxylation is 2. The van der Waals surface area contributed by atoms with Gasteiger partial charge in [0.2, 0.25) is 0 Å². The van der Waals surface area contributed by atoms with Gasteiger partial charge in [0.1, 0.15) is 22.1 Å². The Balaban J connectivity index is 1.80. The lowest BCUT2D eigenvalue weighted by Crippen LogP contribution is -2.35. The molecule has 0 atom stereocenters. The number of hydrogen-bond donors (Lipinski definition) is 3. The lowest BCUT2D eigenvalue weighted by atomic mass is 10.00. The summed E-state index contributed by atoms with van der Waals surface area (Å²) in [6.07, 6.45) is 3.28. The van der Waals surface area contributed by atoms with Crippen LogP contribution in [0.3, 0.4) is 0 Å². The van der Waals surface area contributed by atoms with Crippen LogP contribution in [0.15, 0.2) is 47.7 Å². The molecule has 4 heterocycles. The molecular formula is C26H22ClF3N4O5. The molecular weight excluding hydrogens is 541 g/mol. The number of hydrogen-bond acceptors (Lipinski definition) is 8. The third kappa shape index (κ3) is 5.36. The molecule has 4 aromatic rings. The van der Waals surface area contributed by atoms with Crippen molar-refractivity contribution in [1.82, 2.24) is 19.5 Å². The van der Waals surface area contributed by atoms with Crippen LogP contribution in [0.2, 0.25) is 5.02 Å². The standard InChI is InChI=1S/C26H22ClF3N4O5/c1-12-10-32-17(15-5-6-31-23(21(15)30)25(3,4)36)9-18(12)34-13(2)7-19(20(27)24(34)35)39-26(37,38)22-16(29)8-14(28)11-33-22/h5-11,36-38H,1-4H3. The molecule has 0 saturated carbocycles. The normalized spacial score (nSPS) is 12.1. The van der Waals surface area contributed by atoms with Gasteiger partial charge < -0.3 is 20.1 Å². The van der Waals surface area contributed by atoms with Crippen molar-refractivity contribution in [2.75, 3.05) is 0 Å². The van der Waals surface area contributed by atoms with E-state index in [0.717, 1.165) is 0 Å². The molecule has 0 fully saturated rings. The topological polar surface area (TPSA) is 131 Å². The minimum Gasteiger partial charge on any atom is -0.433 e. The number of nitrogens with zero attached hydrogens (tertiary/aromatic N) is 4. The summed E-state index contributed by atoms with van der Waals surface area (Å²) in [5, 5.41) is 30.2. The van der Waals surface area contributed by atoms with E-state index in [0.29, 0.717) is 17.8 Å². The molecule has 0 aliphatic carbocycles. The van der Waals surface area contributed by atoms with Gasteiger partial charge in [-0.2, -0.15) is 0 Å². The molecule has 3 N–H and O–H groups in total. The van der Waals surface area contributed by atoms with Crippen LogP contribution < -0.4 is 10.3 Å². The van der Waals surface area contributed by atoms with E-state index < -0.39 is 51.1 Å². The highest BCUT2D eigenvalue weighted by Gasteiger charge is 2.36. The van der Waals surface area contributed by atoms with Gasteiger partial charge in [-0.05, 0) is 45.4 Å². The Labute approximate surface area is 224 Å². The van der Waals surface area contributed by atoms with Crippen LogP contribution in [0.5, 0.6) is 5.75 Å². The van der Waals surface area contributed by atoms with E-state index >= 15 is 4.39 Å². The maximum absolute atomic E-state index is 15.2. The zero-order valence-corrected chi connectivity index (χ0v) is 21.8. The molecule has 39 heavy (non-hydrogen) atoms. The zero-order valence-electron chi connectivity index (χ0n) is 21.0. The fourth-order valence-electron chi connectivity index (χ4n) is 3.88. The predicted molar refractivity (Wildman–Crippen MR) is 134 cm³/mol. The summed E-state index contributed by atoms with van der Waals surface area (Å²) in [6.45, 7) is 5.91. The third-order valence-corrected chi connectivity index (χ3v) is 6.08. The van der Waals surface area contributed by atoms with Crippen LogP contribution in [0.25, 0.3) is 16.9 Å². The fourth-order valence-corrected chi connectivity index (χ4v) is 4.06. The predicted octanol–water partition coefficient (Wildman–Crippen LogP) is 3.78. The Morgan fingerprint density at radius 1 is 0.974 bits per heavy atom. The Kier molecular flexibility index (Phi) is 7.25. The fraction of sp³-hybridized carbons (Fsp3) is 0.231. The van der Waals surface area contributed by atoms with E-state index in [2.05, 4.69) is 15.0 Å². The molecule has 4 rings (SSSR count). The SMILES string of the molecule is Cc1cnc(-c2ccnc(C(C)(C)O)c2F)cc1-n1c(C)cc(OC(O)(O)c2ncc(F)cc2F)c(Cl)c1=O. The molecule has 0 spiro atoms. The molecule has 0 aliphatic rings. The van der Waals surface area contributed by atoms with Gasteiger partial charge in [0, 0.05) is 35.8 Å². The Morgan fingerprint density at radius 3 is 2.31 bits per heavy atom. The molecule has 13 heteroatoms. The monoisotopic (exact) mass is 562 g/mol. The molecule has 0 saturated heterocycles. The number of halogens is 4. The first kappa shape index (κ1) is 28.2. The van der Waals surface area contributed by atoms with E-state index in [1.54, 1.807) is 6.92 Å². The lowest BCUT2D eigenvalue weighted by Gasteiger charge is -2.24. The highest BCUT2D eigenvalue weighted by molar-refractivity contribution is 6.31.